The first-order valence-electron chi connectivity index (χ1n) is 42.8. The Labute approximate surface area is 841 Å². The molecule has 12 nitrogen and oxygen atoms in total. The van der Waals surface area contributed by atoms with Crippen molar-refractivity contribution in [1.82, 2.24) is 49.0 Å². The molecule has 8 heterocycles. The molecule has 0 aliphatic heterocycles. The smallest absolute Gasteiger partial charge is 0.507 e. The second-order valence-corrected chi connectivity index (χ2v) is 36.6. The van der Waals surface area contributed by atoms with Gasteiger partial charge in [0, 0.05) is 92.0 Å². The number of fused-ring (bicyclic) bond motifs is 3. The number of hydrogen-bond donors (Lipinski definition) is 2. The Balaban J connectivity index is 0.000000160. The van der Waals surface area contributed by atoms with Gasteiger partial charge in [0.15, 0.2) is 0 Å². The molecule has 0 fully saturated rings. The van der Waals surface area contributed by atoms with Gasteiger partial charge in [-0.05, 0) is 135 Å². The van der Waals surface area contributed by atoms with E-state index >= 15 is 0 Å². The topological polar surface area (TPSA) is 153 Å². The number of pyridine rings is 5. The van der Waals surface area contributed by atoms with Crippen LogP contribution in [0.3, 0.4) is 0 Å². The van der Waals surface area contributed by atoms with Crippen LogP contribution in [0.4, 0.5) is 17.6 Å². The standard InChI is InChI=1S/C31H24F2N4.C30H32N2O2.C27H20N2S.C25H18F2N2.4Pt/c1-31(2,22-16-15-21(32)18-24(22)33)23-11-8-14-27-28(23)35-30(37(27)4)20-10-7-9-19(17-20)29-34-25-12-5-6-13-26(25)36(29)3;1-29(2,3)19-15-23(21-11-7-9-13-27(21)33)31-25(17-19)26-18-20(30(4,5)6)16-24(32-26)22-12-8-10-14-28(22)34;1-27(2,26-29-24-14-6-7-17-25(24)30-26)21-13-8-12-20(18-21)23-16-9-15-22(28-23)19-10-4-3-5-11-19;1-25(2,17-9-4-3-5-10-17)24-13-8-12-23(29-24)19-15-18(20(26)16-21(19)27)22-11-6-7-14-28-22;;;;/h5-15,18H,1-4H3;7-18,33-34H,1-6H3;3-10,12-17H,1-2H3;3-9,11-14,16H,1-2H3;;;;/q-2;;2*-2;;3*+2. The van der Waals surface area contributed by atoms with E-state index in [1.54, 1.807) is 66.1 Å². The molecule has 0 unspecified atom stereocenters. The number of halogens is 4. The molecule has 134 heavy (non-hydrogen) atoms. The summed E-state index contributed by atoms with van der Waals surface area (Å²) in [6, 6.07) is 112. The summed E-state index contributed by atoms with van der Waals surface area (Å²) >= 11 is 1.75. The van der Waals surface area contributed by atoms with Crippen molar-refractivity contribution >= 4 is 43.6 Å². The maximum absolute atomic E-state index is 14.8. The average Bonchev–Trinajstić information content (AvgIpc) is 1.61. The Morgan fingerprint density at radius 1 is 0.358 bits per heavy atom. The monoisotopic (exact) mass is 2510 g/mol. The maximum Gasteiger partial charge on any atom is 2.00 e. The average molecular weight is 2510 g/mol. The molecule has 682 valence electrons. The number of aromatic nitrogens is 10. The van der Waals surface area contributed by atoms with Crippen molar-refractivity contribution in [3.05, 3.63) is 407 Å². The molecule has 0 aliphatic rings. The van der Waals surface area contributed by atoms with E-state index in [2.05, 4.69) is 155 Å². The molecule has 0 spiro atoms. The van der Waals surface area contributed by atoms with Crippen molar-refractivity contribution in [2.75, 3.05) is 0 Å². The number of rotatable bonds is 15. The summed E-state index contributed by atoms with van der Waals surface area (Å²) in [6.07, 6.45) is 1.56. The van der Waals surface area contributed by atoms with E-state index in [0.29, 0.717) is 39.5 Å². The third-order valence-corrected chi connectivity index (χ3v) is 24.7. The number of imidazole rings is 2. The SMILES string of the molecule is CC(C)(C)c1cc(-c2cc(C(C)(C)C)cc(-c3ccccc3O)n2)nc(-c2ccccc2O)c1.CC(C)(c1[c-]c(-c2cccc(-c3[c-]cccc3)n2)ccc1)c1nc2ccccc2s1.CC(C)(c1[c-]cccc1)c1cccc(-c2[c-]c(-c3ccccn3)c(F)cc2F)n1.Cn1c(-c2[c-]c(-c3nc4c(C(C)(C)c5[c-]cc(F)cc5F)cccc4n3C)ccc2)nc2ccccc21.[Pt+2].[Pt+2].[Pt+2].[Pt]. The van der Waals surface area contributed by atoms with Gasteiger partial charge in [-0.15, -0.1) is 131 Å². The molecule has 21 heteroatoms. The van der Waals surface area contributed by atoms with Crippen molar-refractivity contribution in [2.45, 2.75) is 110 Å². The number of para-hydroxylation sites is 6. The predicted octanol–water partition coefficient (Wildman–Crippen LogP) is 27.4. The number of phenols is 2. The fraction of sp³-hybridized carbons (Fsp3) is 0.168. The first-order valence-corrected chi connectivity index (χ1v) is 43.6. The summed E-state index contributed by atoms with van der Waals surface area (Å²) in [5, 5.41) is 22.1. The number of hydrogen-bond acceptors (Lipinski definition) is 11. The maximum atomic E-state index is 14.8. The van der Waals surface area contributed by atoms with Crippen LogP contribution in [0.25, 0.3) is 134 Å². The Morgan fingerprint density at radius 2 is 0.851 bits per heavy atom. The molecule has 19 rings (SSSR count). The quantitative estimate of drug-likeness (QED) is 0.0749. The Morgan fingerprint density at radius 3 is 1.45 bits per heavy atom. The van der Waals surface area contributed by atoms with Gasteiger partial charge in [0.05, 0.1) is 78.3 Å². The first kappa shape index (κ1) is 101. The first-order chi connectivity index (χ1) is 62.3. The summed E-state index contributed by atoms with van der Waals surface area (Å²) in [7, 11) is 3.96. The van der Waals surface area contributed by atoms with Crippen molar-refractivity contribution in [3.8, 4) is 113 Å². The van der Waals surface area contributed by atoms with Gasteiger partial charge in [-0.3, -0.25) is 37.5 Å². The number of aryl methyl sites for hydroxylation is 2. The molecule has 0 bridgehead atoms. The molecule has 0 atom stereocenters. The molecule has 19 aromatic rings. The molecule has 11 aromatic carbocycles. The fourth-order valence-electron chi connectivity index (χ4n) is 15.7. The predicted molar refractivity (Wildman–Crippen MR) is 515 cm³/mol. The number of thiazole rings is 1. The van der Waals surface area contributed by atoms with E-state index in [1.165, 1.54) is 10.8 Å². The van der Waals surface area contributed by atoms with Crippen LogP contribution in [-0.2, 0) is 125 Å². The molecule has 0 aliphatic carbocycles. The van der Waals surface area contributed by atoms with Gasteiger partial charge in [0.1, 0.15) is 16.5 Å². The fourth-order valence-corrected chi connectivity index (χ4v) is 16.8. The molecular weight excluding hydrogens is 2420 g/mol. The van der Waals surface area contributed by atoms with Crippen molar-refractivity contribution in [2.24, 2.45) is 14.1 Å². The van der Waals surface area contributed by atoms with Gasteiger partial charge >= 0.3 is 63.2 Å². The molecule has 0 amide bonds. The largest absolute Gasteiger partial charge is 2.00 e. The number of nitrogens with zero attached hydrogens (tertiary/aromatic N) is 10. The Kier molecular flexibility index (Phi) is 31.9. The van der Waals surface area contributed by atoms with Crippen molar-refractivity contribution in [1.29, 1.82) is 0 Å². The summed E-state index contributed by atoms with van der Waals surface area (Å²) < 4.78 is 62.7. The van der Waals surface area contributed by atoms with E-state index in [-0.39, 0.29) is 123 Å². The van der Waals surface area contributed by atoms with E-state index in [0.717, 1.165) is 135 Å². The Bertz CT molecular complexity index is 7240. The second kappa shape index (κ2) is 42.3. The minimum Gasteiger partial charge on any atom is -0.507 e. The molecule has 2 N–H and O–H groups in total. The van der Waals surface area contributed by atoms with Crippen molar-refractivity contribution < 1.29 is 112 Å². The van der Waals surface area contributed by atoms with Gasteiger partial charge in [0.2, 0.25) is 0 Å². The number of benzene rings is 11. The van der Waals surface area contributed by atoms with Crippen LogP contribution in [0.15, 0.2) is 303 Å². The van der Waals surface area contributed by atoms with Crippen LogP contribution >= 0.6 is 11.3 Å². The van der Waals surface area contributed by atoms with Gasteiger partial charge in [-0.1, -0.05) is 215 Å². The minimum atomic E-state index is -0.790. The van der Waals surface area contributed by atoms with E-state index < -0.39 is 34.1 Å². The Hall–Kier alpha value is -11.9. The molecule has 0 radical (unpaired) electrons. The van der Waals surface area contributed by atoms with Crippen molar-refractivity contribution in [3.63, 3.8) is 0 Å². The molecule has 0 saturated carbocycles. The summed E-state index contributed by atoms with van der Waals surface area (Å²) in [5.74, 6) is -0.741. The normalized spacial score (nSPS) is 11.5. The summed E-state index contributed by atoms with van der Waals surface area (Å²) in [6.45, 7) is 25.3. The zero-order valence-electron chi connectivity index (χ0n) is 75.9. The van der Waals surface area contributed by atoms with E-state index in [9.17, 15) is 27.8 Å². The van der Waals surface area contributed by atoms with Crippen LogP contribution < -0.4 is 0 Å². The minimum absolute atomic E-state index is 0. The second-order valence-electron chi connectivity index (χ2n) is 35.6. The van der Waals surface area contributed by atoms with Gasteiger partial charge in [-0.2, -0.15) is 42.0 Å². The van der Waals surface area contributed by atoms with Crippen LogP contribution in [-0.4, -0.2) is 59.2 Å². The number of aromatic hydroxyl groups is 2. The van der Waals surface area contributed by atoms with E-state index in [4.69, 9.17) is 29.9 Å². The van der Waals surface area contributed by atoms with Crippen LogP contribution in [0.1, 0.15) is 127 Å². The van der Waals surface area contributed by atoms with Gasteiger partial charge in [-0.25, -0.2) is 15.0 Å². The third-order valence-electron chi connectivity index (χ3n) is 23.4. The van der Waals surface area contributed by atoms with Crippen LogP contribution in [0.2, 0.25) is 0 Å². The summed E-state index contributed by atoms with van der Waals surface area (Å²) in [4.78, 5) is 38.3. The zero-order valence-corrected chi connectivity index (χ0v) is 85.8. The van der Waals surface area contributed by atoms with Gasteiger partial charge in [0.25, 0.3) is 0 Å². The molecule has 0 saturated heterocycles. The molecule has 8 aromatic heterocycles. The van der Waals surface area contributed by atoms with E-state index in [1.807, 2.05) is 228 Å². The van der Waals surface area contributed by atoms with Gasteiger partial charge < -0.3 is 24.3 Å². The zero-order chi connectivity index (χ0) is 91.6. The summed E-state index contributed by atoms with van der Waals surface area (Å²) in [5.41, 5.74) is 19.9. The molecular formula is C113H94F4N10O2Pt4S. The number of phenolic OH excluding ortho intramolecular Hbond substituents is 2. The van der Waals surface area contributed by atoms with Crippen LogP contribution in [0, 0.1) is 59.7 Å². The van der Waals surface area contributed by atoms with Crippen LogP contribution in [0.5, 0.6) is 11.5 Å². The third kappa shape index (κ3) is 21.9.